The highest BCUT2D eigenvalue weighted by Gasteiger charge is 2.13. The van der Waals surface area contributed by atoms with Crippen LogP contribution < -0.4 is 14.8 Å². The first kappa shape index (κ1) is 15.3. The van der Waals surface area contributed by atoms with E-state index in [0.717, 1.165) is 12.1 Å². The maximum absolute atomic E-state index is 5.68. The van der Waals surface area contributed by atoms with Crippen LogP contribution >= 0.6 is 0 Å². The summed E-state index contributed by atoms with van der Waals surface area (Å²) < 4.78 is 16.2. The molecule has 6 heteroatoms. The number of ether oxygens (including phenoxy) is 2. The molecular weight excluding hydrogens is 270 g/mol. The number of aromatic nitrogens is 2. The first-order chi connectivity index (χ1) is 10.2. The number of benzene rings is 1. The predicted octanol–water partition coefficient (Wildman–Crippen LogP) is 2.35. The molecule has 1 aromatic heterocycles. The van der Waals surface area contributed by atoms with Crippen molar-refractivity contribution >= 4 is 0 Å². The Kier molecular flexibility index (Phi) is 5.16. The Morgan fingerprint density at radius 2 is 1.95 bits per heavy atom. The number of nitrogens with zero attached hydrogens (tertiary/aromatic N) is 2. The molecule has 21 heavy (non-hydrogen) atoms. The van der Waals surface area contributed by atoms with E-state index in [4.69, 9.17) is 13.9 Å². The second kappa shape index (κ2) is 7.08. The highest BCUT2D eigenvalue weighted by atomic mass is 16.5. The summed E-state index contributed by atoms with van der Waals surface area (Å²) in [5, 5.41) is 11.4. The van der Waals surface area contributed by atoms with Crippen molar-refractivity contribution in [2.24, 2.45) is 0 Å². The highest BCUT2D eigenvalue weighted by molar-refractivity contribution is 5.43. The molecule has 0 radical (unpaired) electrons. The van der Waals surface area contributed by atoms with Gasteiger partial charge in [0.1, 0.15) is 0 Å². The first-order valence-electron chi connectivity index (χ1n) is 6.94. The standard InChI is InChI=1S/C15H21N3O3/c1-5-16-10(2)15-18-17-14(21-15)9-11-6-7-12(19-3)13(8-11)20-4/h6-8,10,16H,5,9H2,1-4H3. The van der Waals surface area contributed by atoms with Crippen LogP contribution in [0.4, 0.5) is 0 Å². The zero-order valence-corrected chi connectivity index (χ0v) is 12.8. The molecule has 1 N–H and O–H groups in total. The Bertz CT molecular complexity index is 583. The summed E-state index contributed by atoms with van der Waals surface area (Å²) in [7, 11) is 3.23. The van der Waals surface area contributed by atoms with Crippen molar-refractivity contribution in [3.63, 3.8) is 0 Å². The molecule has 0 aliphatic carbocycles. The van der Waals surface area contributed by atoms with Gasteiger partial charge in [-0.15, -0.1) is 10.2 Å². The summed E-state index contributed by atoms with van der Waals surface area (Å²) in [4.78, 5) is 0. The van der Waals surface area contributed by atoms with Crippen molar-refractivity contribution in [3.8, 4) is 11.5 Å². The van der Waals surface area contributed by atoms with Gasteiger partial charge in [0, 0.05) is 0 Å². The van der Waals surface area contributed by atoms with E-state index in [2.05, 4.69) is 15.5 Å². The lowest BCUT2D eigenvalue weighted by atomic mass is 10.1. The van der Waals surface area contributed by atoms with Crippen LogP contribution in [-0.2, 0) is 6.42 Å². The summed E-state index contributed by atoms with van der Waals surface area (Å²) >= 11 is 0. The maximum Gasteiger partial charge on any atom is 0.233 e. The minimum absolute atomic E-state index is 0.0571. The fraction of sp³-hybridized carbons (Fsp3) is 0.467. The van der Waals surface area contributed by atoms with Crippen LogP contribution in [0.25, 0.3) is 0 Å². The lowest BCUT2D eigenvalue weighted by Crippen LogP contribution is -2.17. The van der Waals surface area contributed by atoms with E-state index in [0.29, 0.717) is 29.7 Å². The normalized spacial score (nSPS) is 12.2. The Morgan fingerprint density at radius 1 is 1.19 bits per heavy atom. The number of nitrogens with one attached hydrogen (secondary N) is 1. The van der Waals surface area contributed by atoms with Crippen LogP contribution in [0, 0.1) is 0 Å². The van der Waals surface area contributed by atoms with Crippen LogP contribution in [0.1, 0.15) is 37.2 Å². The van der Waals surface area contributed by atoms with Gasteiger partial charge in [0.15, 0.2) is 11.5 Å². The fourth-order valence-electron chi connectivity index (χ4n) is 2.07. The molecule has 0 spiro atoms. The molecule has 1 heterocycles. The van der Waals surface area contributed by atoms with Crippen LogP contribution in [0.2, 0.25) is 0 Å². The van der Waals surface area contributed by atoms with Crippen LogP contribution in [0.3, 0.4) is 0 Å². The Balaban J connectivity index is 2.11. The first-order valence-corrected chi connectivity index (χ1v) is 6.94. The van der Waals surface area contributed by atoms with Gasteiger partial charge in [0.2, 0.25) is 11.8 Å². The van der Waals surface area contributed by atoms with Gasteiger partial charge in [-0.05, 0) is 31.2 Å². The largest absolute Gasteiger partial charge is 0.493 e. The molecule has 0 fully saturated rings. The monoisotopic (exact) mass is 291 g/mol. The lowest BCUT2D eigenvalue weighted by Gasteiger charge is -2.08. The van der Waals surface area contributed by atoms with Crippen molar-refractivity contribution in [2.45, 2.75) is 26.3 Å². The SMILES string of the molecule is CCNC(C)c1nnc(Cc2ccc(OC)c(OC)c2)o1. The van der Waals surface area contributed by atoms with Gasteiger partial charge in [-0.1, -0.05) is 13.0 Å². The van der Waals surface area contributed by atoms with E-state index >= 15 is 0 Å². The molecule has 0 saturated heterocycles. The number of methoxy groups -OCH3 is 2. The second-order valence-electron chi connectivity index (χ2n) is 4.68. The molecule has 0 amide bonds. The van der Waals surface area contributed by atoms with Crippen molar-refractivity contribution in [1.82, 2.24) is 15.5 Å². The number of rotatable bonds is 7. The second-order valence-corrected chi connectivity index (χ2v) is 4.68. The van der Waals surface area contributed by atoms with Crippen molar-refractivity contribution in [1.29, 1.82) is 0 Å². The van der Waals surface area contributed by atoms with Crippen molar-refractivity contribution in [3.05, 3.63) is 35.5 Å². The molecular formula is C15H21N3O3. The van der Waals surface area contributed by atoms with Gasteiger partial charge in [-0.25, -0.2) is 0 Å². The van der Waals surface area contributed by atoms with E-state index in [1.165, 1.54) is 0 Å². The van der Waals surface area contributed by atoms with E-state index in [1.807, 2.05) is 32.0 Å². The molecule has 0 aliphatic rings. The summed E-state index contributed by atoms with van der Waals surface area (Å²) in [6.45, 7) is 4.89. The minimum Gasteiger partial charge on any atom is -0.493 e. The molecule has 0 aliphatic heterocycles. The van der Waals surface area contributed by atoms with Gasteiger partial charge in [0.05, 0.1) is 26.7 Å². The quantitative estimate of drug-likeness (QED) is 0.844. The van der Waals surface area contributed by atoms with Gasteiger partial charge in [0.25, 0.3) is 0 Å². The zero-order valence-electron chi connectivity index (χ0n) is 12.8. The molecule has 1 aromatic carbocycles. The average Bonchev–Trinajstić information content (AvgIpc) is 2.96. The minimum atomic E-state index is 0.0571. The van der Waals surface area contributed by atoms with E-state index in [-0.39, 0.29) is 6.04 Å². The summed E-state index contributed by atoms with van der Waals surface area (Å²) in [5.74, 6) is 2.58. The van der Waals surface area contributed by atoms with Gasteiger partial charge >= 0.3 is 0 Å². The third-order valence-corrected chi connectivity index (χ3v) is 3.17. The predicted molar refractivity (Wildman–Crippen MR) is 78.7 cm³/mol. The third-order valence-electron chi connectivity index (χ3n) is 3.17. The van der Waals surface area contributed by atoms with Gasteiger partial charge in [-0.3, -0.25) is 0 Å². The van der Waals surface area contributed by atoms with Gasteiger partial charge in [-0.2, -0.15) is 0 Å². The summed E-state index contributed by atoms with van der Waals surface area (Å²) in [6, 6.07) is 5.80. The van der Waals surface area contributed by atoms with E-state index < -0.39 is 0 Å². The Hall–Kier alpha value is -2.08. The molecule has 114 valence electrons. The zero-order chi connectivity index (χ0) is 15.2. The summed E-state index contributed by atoms with van der Waals surface area (Å²) in [6.07, 6.45) is 0.562. The van der Waals surface area contributed by atoms with Crippen molar-refractivity contribution < 1.29 is 13.9 Å². The molecule has 2 aromatic rings. The van der Waals surface area contributed by atoms with Crippen LogP contribution in [0.15, 0.2) is 22.6 Å². The van der Waals surface area contributed by atoms with E-state index in [1.54, 1.807) is 14.2 Å². The molecule has 1 unspecified atom stereocenters. The average molecular weight is 291 g/mol. The topological polar surface area (TPSA) is 69.4 Å². The maximum atomic E-state index is 5.68. The summed E-state index contributed by atoms with van der Waals surface area (Å²) in [5.41, 5.74) is 1.03. The fourth-order valence-corrected chi connectivity index (χ4v) is 2.07. The molecule has 1 atom stereocenters. The van der Waals surface area contributed by atoms with Crippen LogP contribution in [-0.4, -0.2) is 31.0 Å². The number of hydrogen-bond acceptors (Lipinski definition) is 6. The van der Waals surface area contributed by atoms with Gasteiger partial charge < -0.3 is 19.2 Å². The molecule has 6 nitrogen and oxygen atoms in total. The molecule has 0 bridgehead atoms. The molecule has 2 rings (SSSR count). The lowest BCUT2D eigenvalue weighted by molar-refractivity contribution is 0.354. The van der Waals surface area contributed by atoms with Crippen molar-refractivity contribution in [2.75, 3.05) is 20.8 Å². The molecule has 0 saturated carbocycles. The number of hydrogen-bond donors (Lipinski definition) is 1. The van der Waals surface area contributed by atoms with Crippen LogP contribution in [0.5, 0.6) is 11.5 Å². The third kappa shape index (κ3) is 3.72. The Morgan fingerprint density at radius 3 is 2.62 bits per heavy atom. The van der Waals surface area contributed by atoms with E-state index in [9.17, 15) is 0 Å². The smallest absolute Gasteiger partial charge is 0.233 e. The Labute approximate surface area is 124 Å². The highest BCUT2D eigenvalue weighted by Crippen LogP contribution is 2.28.